The van der Waals surface area contributed by atoms with Crippen molar-refractivity contribution >= 4 is 11.9 Å². The van der Waals surface area contributed by atoms with Gasteiger partial charge in [-0.15, -0.1) is 0 Å². The topological polar surface area (TPSA) is 78.5 Å². The van der Waals surface area contributed by atoms with Crippen molar-refractivity contribution in [3.63, 3.8) is 0 Å². The Morgan fingerprint density at radius 3 is 2.88 bits per heavy atom. The SMILES string of the molecule is CC1CN(C(=O)c2cc(=O)[nH]c(N(C)C)n2)Cc2ccccc2O1. The number of nitrogens with one attached hydrogen (secondary N) is 1. The molecular formula is C17H20N4O3. The van der Waals surface area contributed by atoms with Gasteiger partial charge in [0.2, 0.25) is 5.95 Å². The second-order valence-corrected chi connectivity index (χ2v) is 6.07. The lowest BCUT2D eigenvalue weighted by atomic mass is 10.2. The van der Waals surface area contributed by atoms with E-state index in [0.717, 1.165) is 11.3 Å². The first kappa shape index (κ1) is 16.0. The maximum Gasteiger partial charge on any atom is 0.273 e. The summed E-state index contributed by atoms with van der Waals surface area (Å²) in [5.74, 6) is 0.856. The number of carbonyl (C=O) groups excluding carboxylic acids is 1. The number of rotatable bonds is 2. The third kappa shape index (κ3) is 3.24. The Labute approximate surface area is 139 Å². The van der Waals surface area contributed by atoms with Crippen LogP contribution in [0.3, 0.4) is 0 Å². The number of benzene rings is 1. The normalized spacial score (nSPS) is 16.8. The van der Waals surface area contributed by atoms with Gasteiger partial charge in [-0.3, -0.25) is 14.6 Å². The lowest BCUT2D eigenvalue weighted by molar-refractivity contribution is 0.0684. The second-order valence-electron chi connectivity index (χ2n) is 6.07. The van der Waals surface area contributed by atoms with Gasteiger partial charge >= 0.3 is 0 Å². The minimum Gasteiger partial charge on any atom is -0.489 e. The van der Waals surface area contributed by atoms with Gasteiger partial charge in [-0.05, 0) is 13.0 Å². The molecule has 1 aromatic carbocycles. The van der Waals surface area contributed by atoms with Gasteiger partial charge in [0, 0.05) is 32.3 Å². The molecule has 3 rings (SSSR count). The number of nitrogens with zero attached hydrogens (tertiary/aromatic N) is 3. The van der Waals surface area contributed by atoms with E-state index in [9.17, 15) is 9.59 Å². The summed E-state index contributed by atoms with van der Waals surface area (Å²) in [6.07, 6.45) is -0.145. The minimum absolute atomic E-state index is 0.133. The average Bonchev–Trinajstić information content (AvgIpc) is 2.71. The zero-order valence-electron chi connectivity index (χ0n) is 13.9. The van der Waals surface area contributed by atoms with Crippen LogP contribution in [0.15, 0.2) is 35.1 Å². The molecule has 7 heteroatoms. The molecular weight excluding hydrogens is 308 g/mol. The predicted molar refractivity (Wildman–Crippen MR) is 90.5 cm³/mol. The number of hydrogen-bond acceptors (Lipinski definition) is 5. The summed E-state index contributed by atoms with van der Waals surface area (Å²) < 4.78 is 5.87. The van der Waals surface area contributed by atoms with Gasteiger partial charge in [0.05, 0.1) is 6.54 Å². The Morgan fingerprint density at radius 2 is 2.12 bits per heavy atom. The zero-order valence-corrected chi connectivity index (χ0v) is 13.9. The number of carbonyl (C=O) groups is 1. The van der Waals surface area contributed by atoms with Crippen molar-refractivity contribution in [1.29, 1.82) is 0 Å². The van der Waals surface area contributed by atoms with Crippen molar-refractivity contribution in [2.45, 2.75) is 19.6 Å². The second kappa shape index (κ2) is 6.35. The van der Waals surface area contributed by atoms with E-state index in [4.69, 9.17) is 4.74 Å². The fourth-order valence-corrected chi connectivity index (χ4v) is 2.67. The van der Waals surface area contributed by atoms with E-state index in [2.05, 4.69) is 9.97 Å². The van der Waals surface area contributed by atoms with Crippen LogP contribution in [0.5, 0.6) is 5.75 Å². The number of H-pyrrole nitrogens is 1. The standard InChI is InChI=1S/C17H20N4O3/c1-11-9-21(10-12-6-4-5-7-14(12)24-11)16(23)13-8-15(22)19-17(18-13)20(2)3/h4-8,11H,9-10H2,1-3H3,(H,18,19,22). The van der Waals surface area contributed by atoms with E-state index in [0.29, 0.717) is 19.0 Å². The number of para-hydroxylation sites is 1. The first-order valence-electron chi connectivity index (χ1n) is 7.76. The van der Waals surface area contributed by atoms with Gasteiger partial charge < -0.3 is 14.5 Å². The van der Waals surface area contributed by atoms with Gasteiger partial charge in [-0.2, -0.15) is 0 Å². The van der Waals surface area contributed by atoms with E-state index in [1.54, 1.807) is 23.9 Å². The van der Waals surface area contributed by atoms with Crippen molar-refractivity contribution in [3.8, 4) is 5.75 Å². The van der Waals surface area contributed by atoms with Crippen LogP contribution < -0.4 is 15.2 Å². The van der Waals surface area contributed by atoms with Crippen molar-refractivity contribution in [3.05, 3.63) is 51.9 Å². The van der Waals surface area contributed by atoms with E-state index in [1.807, 2.05) is 31.2 Å². The van der Waals surface area contributed by atoms with Crippen LogP contribution in [-0.4, -0.2) is 47.5 Å². The maximum absolute atomic E-state index is 12.9. The molecule has 24 heavy (non-hydrogen) atoms. The van der Waals surface area contributed by atoms with E-state index < -0.39 is 0 Å². The number of ether oxygens (including phenoxy) is 1. The fourth-order valence-electron chi connectivity index (χ4n) is 2.67. The van der Waals surface area contributed by atoms with E-state index in [1.165, 1.54) is 6.07 Å². The molecule has 1 aromatic heterocycles. The van der Waals surface area contributed by atoms with Crippen LogP contribution in [0.4, 0.5) is 5.95 Å². The molecule has 0 aliphatic carbocycles. The summed E-state index contributed by atoms with van der Waals surface area (Å²) >= 11 is 0. The van der Waals surface area contributed by atoms with Crippen LogP contribution in [0.2, 0.25) is 0 Å². The first-order valence-corrected chi connectivity index (χ1v) is 7.76. The molecule has 2 heterocycles. The Balaban J connectivity index is 1.94. The Kier molecular flexibility index (Phi) is 4.24. The average molecular weight is 328 g/mol. The first-order chi connectivity index (χ1) is 11.4. The van der Waals surface area contributed by atoms with E-state index >= 15 is 0 Å². The van der Waals surface area contributed by atoms with Crippen molar-refractivity contribution in [2.24, 2.45) is 0 Å². The largest absolute Gasteiger partial charge is 0.489 e. The lowest BCUT2D eigenvalue weighted by Gasteiger charge is -2.22. The smallest absolute Gasteiger partial charge is 0.273 e. The highest BCUT2D eigenvalue weighted by Gasteiger charge is 2.25. The third-order valence-electron chi connectivity index (χ3n) is 3.80. The molecule has 0 fully saturated rings. The van der Waals surface area contributed by atoms with Crippen LogP contribution in [0, 0.1) is 0 Å². The molecule has 1 unspecified atom stereocenters. The molecule has 1 atom stereocenters. The van der Waals surface area contributed by atoms with Gasteiger partial charge in [0.15, 0.2) is 0 Å². The van der Waals surface area contributed by atoms with Gasteiger partial charge in [0.1, 0.15) is 17.5 Å². The molecule has 0 spiro atoms. The summed E-state index contributed by atoms with van der Waals surface area (Å²) in [6.45, 7) is 2.77. The van der Waals surface area contributed by atoms with Crippen LogP contribution in [0.25, 0.3) is 0 Å². The predicted octanol–water partition coefficient (Wildman–Crippen LogP) is 1.26. The molecule has 1 aliphatic heterocycles. The molecule has 7 nitrogen and oxygen atoms in total. The number of amides is 1. The summed E-state index contributed by atoms with van der Waals surface area (Å²) in [5.41, 5.74) is 0.721. The molecule has 2 aromatic rings. The zero-order chi connectivity index (χ0) is 17.3. The molecule has 1 amide bonds. The van der Waals surface area contributed by atoms with E-state index in [-0.39, 0.29) is 23.3 Å². The highest BCUT2D eigenvalue weighted by atomic mass is 16.5. The quantitative estimate of drug-likeness (QED) is 0.898. The number of aromatic amines is 1. The monoisotopic (exact) mass is 328 g/mol. The molecule has 1 N–H and O–H groups in total. The van der Waals surface area contributed by atoms with Crippen LogP contribution in [0.1, 0.15) is 23.0 Å². The molecule has 0 saturated heterocycles. The summed E-state index contributed by atoms with van der Waals surface area (Å²) in [4.78, 5) is 34.9. The van der Waals surface area contributed by atoms with Gasteiger partial charge in [0.25, 0.3) is 11.5 Å². The highest BCUT2D eigenvalue weighted by molar-refractivity contribution is 5.92. The summed E-state index contributed by atoms with van der Waals surface area (Å²) in [6, 6.07) is 8.89. The molecule has 1 aliphatic rings. The third-order valence-corrected chi connectivity index (χ3v) is 3.80. The molecule has 126 valence electrons. The number of hydrogen-bond donors (Lipinski definition) is 1. The Morgan fingerprint density at radius 1 is 1.38 bits per heavy atom. The fraction of sp³-hybridized carbons (Fsp3) is 0.353. The van der Waals surface area contributed by atoms with Crippen LogP contribution >= 0.6 is 0 Å². The number of fused-ring (bicyclic) bond motifs is 1. The van der Waals surface area contributed by atoms with Crippen LogP contribution in [-0.2, 0) is 6.54 Å². The van der Waals surface area contributed by atoms with Crippen molar-refractivity contribution < 1.29 is 9.53 Å². The minimum atomic E-state index is -0.350. The summed E-state index contributed by atoms with van der Waals surface area (Å²) in [5, 5.41) is 0. The lowest BCUT2D eigenvalue weighted by Crippen LogP contribution is -2.37. The number of aromatic nitrogens is 2. The molecule has 0 radical (unpaired) electrons. The Bertz CT molecular complexity index is 815. The Hall–Kier alpha value is -2.83. The highest BCUT2D eigenvalue weighted by Crippen LogP contribution is 2.25. The van der Waals surface area contributed by atoms with Gasteiger partial charge in [-0.1, -0.05) is 18.2 Å². The molecule has 0 bridgehead atoms. The maximum atomic E-state index is 12.9. The summed E-state index contributed by atoms with van der Waals surface area (Å²) in [7, 11) is 3.51. The number of anilines is 1. The van der Waals surface area contributed by atoms with Crippen molar-refractivity contribution in [1.82, 2.24) is 14.9 Å². The van der Waals surface area contributed by atoms with Crippen molar-refractivity contribution in [2.75, 3.05) is 25.5 Å². The van der Waals surface area contributed by atoms with Gasteiger partial charge in [-0.25, -0.2) is 4.98 Å². The molecule has 0 saturated carbocycles.